The Morgan fingerprint density at radius 1 is 1.54 bits per heavy atom. The number of nitrogens with two attached hydrogens (primary N) is 1. The predicted octanol–water partition coefficient (Wildman–Crippen LogP) is 2.19. The second-order valence-corrected chi connectivity index (χ2v) is 6.56. The second-order valence-electron chi connectivity index (χ2n) is 3.27. The Labute approximate surface area is 97.5 Å². The first kappa shape index (κ1) is 14.2. The SMILES string of the molecule is CCCN1CC[C@@H](N)[C@H]1C.[Cl][Pt][Cl]. The number of rotatable bonds is 2. The average Bonchev–Trinajstić information content (AvgIpc) is 2.38. The number of nitrogens with zero attached hydrogens (tertiary/aromatic N) is 1. The molecule has 1 heterocycles. The summed E-state index contributed by atoms with van der Waals surface area (Å²) < 4.78 is 0. The molecule has 0 bridgehead atoms. The number of halogens is 2. The van der Waals surface area contributed by atoms with Crippen LogP contribution in [0.25, 0.3) is 0 Å². The van der Waals surface area contributed by atoms with Crippen molar-refractivity contribution in [1.29, 1.82) is 0 Å². The molecule has 2 nitrogen and oxygen atoms in total. The Kier molecular flexibility index (Phi) is 9.27. The van der Waals surface area contributed by atoms with Crippen LogP contribution in [-0.2, 0) is 16.5 Å². The fourth-order valence-electron chi connectivity index (χ4n) is 1.63. The zero-order valence-electron chi connectivity index (χ0n) is 8.08. The molecule has 0 amide bonds. The third kappa shape index (κ3) is 5.59. The van der Waals surface area contributed by atoms with Crippen LogP contribution in [0, 0.1) is 0 Å². The van der Waals surface area contributed by atoms with E-state index in [-0.39, 0.29) is 0 Å². The molecule has 0 unspecified atom stereocenters. The van der Waals surface area contributed by atoms with E-state index in [1.165, 1.54) is 25.9 Å². The first-order valence-electron chi connectivity index (χ1n) is 4.49. The van der Waals surface area contributed by atoms with Crippen molar-refractivity contribution in [2.24, 2.45) is 5.73 Å². The molecular formula is C8H18Cl2N2Pt. The molecule has 0 saturated carbocycles. The van der Waals surface area contributed by atoms with Crippen molar-refractivity contribution in [2.75, 3.05) is 13.1 Å². The molecule has 2 N–H and O–H groups in total. The van der Waals surface area contributed by atoms with Crippen LogP contribution < -0.4 is 5.73 Å². The first-order valence-corrected chi connectivity index (χ1v) is 10.1. The van der Waals surface area contributed by atoms with E-state index in [1.807, 2.05) is 0 Å². The van der Waals surface area contributed by atoms with Gasteiger partial charge in [0.15, 0.2) is 0 Å². The number of hydrogen-bond acceptors (Lipinski definition) is 2. The maximum atomic E-state index is 5.86. The molecule has 1 fully saturated rings. The molecule has 1 rings (SSSR count). The summed E-state index contributed by atoms with van der Waals surface area (Å²) in [6, 6.07) is 1.03. The van der Waals surface area contributed by atoms with Crippen molar-refractivity contribution >= 4 is 18.8 Å². The number of likely N-dealkylation sites (tertiary alicyclic amines) is 1. The summed E-state index contributed by atoms with van der Waals surface area (Å²) in [6.07, 6.45) is 2.43. The van der Waals surface area contributed by atoms with E-state index in [0.717, 1.165) is 0 Å². The summed E-state index contributed by atoms with van der Waals surface area (Å²) in [6.45, 7) is 6.87. The van der Waals surface area contributed by atoms with Gasteiger partial charge < -0.3 is 5.73 Å². The zero-order chi connectivity index (χ0) is 10.3. The van der Waals surface area contributed by atoms with E-state index in [0.29, 0.717) is 12.1 Å². The van der Waals surface area contributed by atoms with Crippen molar-refractivity contribution in [1.82, 2.24) is 4.90 Å². The maximum absolute atomic E-state index is 5.86. The molecule has 2 atom stereocenters. The topological polar surface area (TPSA) is 29.3 Å². The molecule has 0 radical (unpaired) electrons. The van der Waals surface area contributed by atoms with Crippen LogP contribution in [0.3, 0.4) is 0 Å². The Morgan fingerprint density at radius 2 is 2.08 bits per heavy atom. The quantitative estimate of drug-likeness (QED) is 0.760. The van der Waals surface area contributed by atoms with E-state index in [4.69, 9.17) is 24.6 Å². The van der Waals surface area contributed by atoms with Gasteiger partial charge in [0.05, 0.1) is 0 Å². The van der Waals surface area contributed by atoms with Crippen LogP contribution in [0.5, 0.6) is 0 Å². The zero-order valence-corrected chi connectivity index (χ0v) is 11.9. The summed E-state index contributed by atoms with van der Waals surface area (Å²) in [5.41, 5.74) is 5.86. The Morgan fingerprint density at radius 3 is 2.38 bits per heavy atom. The van der Waals surface area contributed by atoms with Crippen molar-refractivity contribution in [3.05, 3.63) is 0 Å². The van der Waals surface area contributed by atoms with Gasteiger partial charge in [-0.1, -0.05) is 6.92 Å². The molecular weight excluding hydrogens is 390 g/mol. The molecule has 0 aliphatic carbocycles. The third-order valence-electron chi connectivity index (χ3n) is 2.46. The van der Waals surface area contributed by atoms with Gasteiger partial charge in [-0.3, -0.25) is 4.90 Å². The van der Waals surface area contributed by atoms with E-state index in [1.54, 1.807) is 0 Å². The van der Waals surface area contributed by atoms with Gasteiger partial charge in [-0.15, -0.1) is 0 Å². The van der Waals surface area contributed by atoms with Gasteiger partial charge in [0, 0.05) is 18.6 Å². The van der Waals surface area contributed by atoms with Gasteiger partial charge >= 0.3 is 35.3 Å². The van der Waals surface area contributed by atoms with Gasteiger partial charge in [-0.05, 0) is 26.3 Å². The van der Waals surface area contributed by atoms with E-state index < -0.39 is 16.5 Å². The minimum atomic E-state index is -0.472. The summed E-state index contributed by atoms with van der Waals surface area (Å²) in [5.74, 6) is 0. The van der Waals surface area contributed by atoms with Gasteiger partial charge in [-0.2, -0.15) is 0 Å². The summed E-state index contributed by atoms with van der Waals surface area (Å²) in [4.78, 5) is 2.48. The van der Waals surface area contributed by atoms with Crippen LogP contribution in [-0.4, -0.2) is 30.1 Å². The Balaban J connectivity index is 0.000000424. The molecule has 1 saturated heterocycles. The van der Waals surface area contributed by atoms with Gasteiger partial charge in [0.1, 0.15) is 0 Å². The monoisotopic (exact) mass is 407 g/mol. The molecule has 0 spiro atoms. The van der Waals surface area contributed by atoms with Crippen molar-refractivity contribution in [3.63, 3.8) is 0 Å². The third-order valence-corrected chi connectivity index (χ3v) is 2.46. The van der Waals surface area contributed by atoms with Crippen molar-refractivity contribution in [3.8, 4) is 0 Å². The van der Waals surface area contributed by atoms with Crippen LogP contribution in [0.15, 0.2) is 0 Å². The van der Waals surface area contributed by atoms with Crippen molar-refractivity contribution < 1.29 is 16.5 Å². The van der Waals surface area contributed by atoms with Crippen LogP contribution in [0.1, 0.15) is 26.7 Å². The molecule has 5 heteroatoms. The number of hydrogen-bond donors (Lipinski definition) is 1. The predicted molar refractivity (Wildman–Crippen MR) is 55.6 cm³/mol. The summed E-state index contributed by atoms with van der Waals surface area (Å²) in [7, 11) is 9.75. The standard InChI is InChI=1S/C8H18N2.2ClH.Pt/c1-3-5-10-6-4-8(9)7(10)2;;;/h7-8H,3-6,9H2,1-2H3;2*1H;/q;;;+2/p-2/t7-,8-;;;/m1.../s1. The van der Waals surface area contributed by atoms with E-state index >= 15 is 0 Å². The minimum absolute atomic E-state index is 0.423. The molecule has 0 aromatic carbocycles. The van der Waals surface area contributed by atoms with E-state index in [9.17, 15) is 0 Å². The summed E-state index contributed by atoms with van der Waals surface area (Å²) in [5, 5.41) is 0. The van der Waals surface area contributed by atoms with Gasteiger partial charge in [-0.25, -0.2) is 0 Å². The van der Waals surface area contributed by atoms with Crippen LogP contribution in [0.2, 0.25) is 0 Å². The molecule has 1 aliphatic heterocycles. The normalized spacial score (nSPS) is 28.7. The molecule has 0 aromatic rings. The van der Waals surface area contributed by atoms with Crippen molar-refractivity contribution in [2.45, 2.75) is 38.8 Å². The first-order chi connectivity index (χ1) is 6.17. The Hall–Kier alpha value is 1.19. The van der Waals surface area contributed by atoms with Gasteiger partial charge in [0.25, 0.3) is 0 Å². The van der Waals surface area contributed by atoms with E-state index in [2.05, 4.69) is 18.7 Å². The molecule has 84 valence electrons. The average molecular weight is 408 g/mol. The summed E-state index contributed by atoms with van der Waals surface area (Å²) >= 11 is -0.472. The molecule has 0 aromatic heterocycles. The molecule has 13 heavy (non-hydrogen) atoms. The Bertz CT molecular complexity index is 125. The second kappa shape index (κ2) is 8.49. The fraction of sp³-hybridized carbons (Fsp3) is 1.00. The van der Waals surface area contributed by atoms with Gasteiger partial charge in [0.2, 0.25) is 0 Å². The fourth-order valence-corrected chi connectivity index (χ4v) is 1.63. The van der Waals surface area contributed by atoms with Crippen LogP contribution >= 0.6 is 18.8 Å². The molecule has 1 aliphatic rings. The van der Waals surface area contributed by atoms with Crippen LogP contribution in [0.4, 0.5) is 0 Å².